The zero-order valence-electron chi connectivity index (χ0n) is 9.66. The number of rotatable bonds is 5. The maximum Gasteiger partial charge on any atom is 0.0576 e. The minimum atomic E-state index is -0.0334. The van der Waals surface area contributed by atoms with Crippen LogP contribution < -0.4 is 0 Å². The minimum Gasteiger partial charge on any atom is -0.393 e. The fourth-order valence-corrected chi connectivity index (χ4v) is 3.00. The van der Waals surface area contributed by atoms with Gasteiger partial charge in [-0.1, -0.05) is 12.8 Å². The topological polar surface area (TPSA) is 29.5 Å². The monoisotopic (exact) mass is 212 g/mol. The molecule has 1 aliphatic carbocycles. The summed E-state index contributed by atoms with van der Waals surface area (Å²) in [7, 11) is 0. The average molecular weight is 212 g/mol. The lowest BCUT2D eigenvalue weighted by Gasteiger charge is -2.18. The van der Waals surface area contributed by atoms with Crippen LogP contribution in [0.15, 0.2) is 0 Å². The van der Waals surface area contributed by atoms with E-state index >= 15 is 0 Å². The standard InChI is InChI=1S/C13H24O2/c14-13(11-5-1-2-6-11)9-3-7-12-8-4-10-15-12/h11-14H,1-10H2. The van der Waals surface area contributed by atoms with Crippen LogP contribution >= 0.6 is 0 Å². The first-order valence-electron chi connectivity index (χ1n) is 6.66. The molecule has 2 aliphatic rings. The van der Waals surface area contributed by atoms with Gasteiger partial charge in [0.25, 0.3) is 0 Å². The SMILES string of the molecule is OC(CCCC1CCCO1)C1CCCC1. The van der Waals surface area contributed by atoms with Gasteiger partial charge in [-0.25, -0.2) is 0 Å². The molecule has 1 saturated heterocycles. The predicted octanol–water partition coefficient (Wildman–Crippen LogP) is 2.89. The Hall–Kier alpha value is -0.0800. The molecular weight excluding hydrogens is 188 g/mol. The molecule has 15 heavy (non-hydrogen) atoms. The molecule has 0 radical (unpaired) electrons. The van der Waals surface area contributed by atoms with Crippen molar-refractivity contribution < 1.29 is 9.84 Å². The van der Waals surface area contributed by atoms with Crippen molar-refractivity contribution in [2.75, 3.05) is 6.61 Å². The lowest BCUT2D eigenvalue weighted by atomic mass is 9.95. The third-order valence-corrected chi connectivity index (χ3v) is 3.99. The fourth-order valence-electron chi connectivity index (χ4n) is 3.00. The quantitative estimate of drug-likeness (QED) is 0.759. The van der Waals surface area contributed by atoms with E-state index in [2.05, 4.69) is 0 Å². The highest BCUT2D eigenvalue weighted by Gasteiger charge is 2.23. The second-order valence-electron chi connectivity index (χ2n) is 5.18. The Bertz CT molecular complexity index is 169. The molecule has 2 nitrogen and oxygen atoms in total. The Morgan fingerprint density at radius 1 is 1.13 bits per heavy atom. The van der Waals surface area contributed by atoms with Gasteiger partial charge < -0.3 is 9.84 Å². The third kappa shape index (κ3) is 3.46. The summed E-state index contributed by atoms with van der Waals surface area (Å²) in [6.45, 7) is 0.954. The molecule has 1 saturated carbocycles. The summed E-state index contributed by atoms with van der Waals surface area (Å²) in [5, 5.41) is 9.98. The molecule has 0 aromatic heterocycles. The molecule has 1 aliphatic heterocycles. The van der Waals surface area contributed by atoms with Gasteiger partial charge in [-0.05, 0) is 50.9 Å². The van der Waals surface area contributed by atoms with E-state index in [0.717, 1.165) is 25.9 Å². The molecule has 2 fully saturated rings. The first-order valence-corrected chi connectivity index (χ1v) is 6.66. The van der Waals surface area contributed by atoms with Crippen LogP contribution in [0.2, 0.25) is 0 Å². The Morgan fingerprint density at radius 3 is 2.60 bits per heavy atom. The van der Waals surface area contributed by atoms with E-state index in [9.17, 15) is 5.11 Å². The Kier molecular flexibility index (Phi) is 4.45. The molecule has 0 amide bonds. The molecule has 88 valence electrons. The molecule has 2 atom stereocenters. The van der Waals surface area contributed by atoms with Gasteiger partial charge in [0.15, 0.2) is 0 Å². The van der Waals surface area contributed by atoms with Gasteiger partial charge in [-0.3, -0.25) is 0 Å². The van der Waals surface area contributed by atoms with Gasteiger partial charge in [0, 0.05) is 6.61 Å². The predicted molar refractivity (Wildman–Crippen MR) is 60.8 cm³/mol. The van der Waals surface area contributed by atoms with E-state index in [0.29, 0.717) is 12.0 Å². The summed E-state index contributed by atoms with van der Waals surface area (Å²) in [6.07, 6.45) is 11.4. The summed E-state index contributed by atoms with van der Waals surface area (Å²) in [4.78, 5) is 0. The number of hydrogen-bond acceptors (Lipinski definition) is 2. The van der Waals surface area contributed by atoms with Crippen molar-refractivity contribution in [3.05, 3.63) is 0 Å². The number of ether oxygens (including phenoxy) is 1. The van der Waals surface area contributed by atoms with Crippen LogP contribution in [0.5, 0.6) is 0 Å². The van der Waals surface area contributed by atoms with Crippen LogP contribution in [0.3, 0.4) is 0 Å². The van der Waals surface area contributed by atoms with E-state index in [4.69, 9.17) is 4.74 Å². The highest BCUT2D eigenvalue weighted by atomic mass is 16.5. The van der Waals surface area contributed by atoms with Crippen molar-refractivity contribution in [2.24, 2.45) is 5.92 Å². The van der Waals surface area contributed by atoms with E-state index in [1.807, 2.05) is 0 Å². The van der Waals surface area contributed by atoms with Gasteiger partial charge in [-0.2, -0.15) is 0 Å². The van der Waals surface area contributed by atoms with Crippen LogP contribution in [-0.2, 0) is 4.74 Å². The summed E-state index contributed by atoms with van der Waals surface area (Å²) in [6, 6.07) is 0. The normalized spacial score (nSPS) is 29.8. The molecular formula is C13H24O2. The molecule has 1 heterocycles. The van der Waals surface area contributed by atoms with Crippen LogP contribution in [0.1, 0.15) is 57.8 Å². The number of aliphatic hydroxyl groups is 1. The van der Waals surface area contributed by atoms with Crippen LogP contribution in [-0.4, -0.2) is 23.9 Å². The summed E-state index contributed by atoms with van der Waals surface area (Å²) in [5.41, 5.74) is 0. The molecule has 2 unspecified atom stereocenters. The zero-order chi connectivity index (χ0) is 10.5. The second kappa shape index (κ2) is 5.86. The molecule has 2 heteroatoms. The van der Waals surface area contributed by atoms with Crippen LogP contribution in [0.25, 0.3) is 0 Å². The molecule has 2 rings (SSSR count). The van der Waals surface area contributed by atoms with Gasteiger partial charge in [-0.15, -0.1) is 0 Å². The van der Waals surface area contributed by atoms with Crippen molar-refractivity contribution >= 4 is 0 Å². The zero-order valence-corrected chi connectivity index (χ0v) is 9.66. The van der Waals surface area contributed by atoms with E-state index in [1.54, 1.807) is 0 Å². The minimum absolute atomic E-state index is 0.0334. The maximum atomic E-state index is 9.98. The first-order chi connectivity index (χ1) is 7.36. The smallest absolute Gasteiger partial charge is 0.0576 e. The lowest BCUT2D eigenvalue weighted by molar-refractivity contribution is 0.0783. The van der Waals surface area contributed by atoms with E-state index < -0.39 is 0 Å². The maximum absolute atomic E-state index is 9.98. The van der Waals surface area contributed by atoms with Crippen LogP contribution in [0.4, 0.5) is 0 Å². The van der Waals surface area contributed by atoms with Crippen LogP contribution in [0, 0.1) is 5.92 Å². The summed E-state index contributed by atoms with van der Waals surface area (Å²) in [5.74, 6) is 0.606. The highest BCUT2D eigenvalue weighted by molar-refractivity contribution is 4.75. The number of hydrogen-bond donors (Lipinski definition) is 1. The van der Waals surface area contributed by atoms with Crippen molar-refractivity contribution in [1.29, 1.82) is 0 Å². The molecule has 0 spiro atoms. The number of aliphatic hydroxyl groups excluding tert-OH is 1. The van der Waals surface area contributed by atoms with Gasteiger partial charge in [0.1, 0.15) is 0 Å². The summed E-state index contributed by atoms with van der Waals surface area (Å²) >= 11 is 0. The molecule has 0 bridgehead atoms. The van der Waals surface area contributed by atoms with Crippen molar-refractivity contribution in [3.8, 4) is 0 Å². The average Bonchev–Trinajstić information content (AvgIpc) is 2.90. The third-order valence-electron chi connectivity index (χ3n) is 3.99. The lowest BCUT2D eigenvalue weighted by Crippen LogP contribution is -2.18. The van der Waals surface area contributed by atoms with Crippen molar-refractivity contribution in [2.45, 2.75) is 70.0 Å². The Balaban J connectivity index is 1.56. The Labute approximate surface area is 93.0 Å². The Morgan fingerprint density at radius 2 is 1.93 bits per heavy atom. The largest absolute Gasteiger partial charge is 0.393 e. The van der Waals surface area contributed by atoms with Crippen molar-refractivity contribution in [1.82, 2.24) is 0 Å². The highest BCUT2D eigenvalue weighted by Crippen LogP contribution is 2.30. The van der Waals surface area contributed by atoms with Gasteiger partial charge in [0.05, 0.1) is 12.2 Å². The fraction of sp³-hybridized carbons (Fsp3) is 1.00. The van der Waals surface area contributed by atoms with E-state index in [1.165, 1.54) is 38.5 Å². The molecule has 0 aromatic carbocycles. The molecule has 1 N–H and O–H groups in total. The molecule has 0 aromatic rings. The van der Waals surface area contributed by atoms with Gasteiger partial charge in [0.2, 0.25) is 0 Å². The van der Waals surface area contributed by atoms with E-state index in [-0.39, 0.29) is 6.10 Å². The van der Waals surface area contributed by atoms with Crippen molar-refractivity contribution in [3.63, 3.8) is 0 Å². The van der Waals surface area contributed by atoms with Gasteiger partial charge >= 0.3 is 0 Å². The summed E-state index contributed by atoms with van der Waals surface area (Å²) < 4.78 is 5.58. The second-order valence-corrected chi connectivity index (χ2v) is 5.18. The first kappa shape index (κ1) is 11.4.